The maximum atomic E-state index is 12.3. The first kappa shape index (κ1) is 17.8. The molecule has 1 saturated carbocycles. The van der Waals surface area contributed by atoms with Gasteiger partial charge in [0, 0.05) is 44.0 Å². The van der Waals surface area contributed by atoms with Crippen LogP contribution in [0.3, 0.4) is 0 Å². The summed E-state index contributed by atoms with van der Waals surface area (Å²) in [6.45, 7) is 4.62. The Kier molecular flexibility index (Phi) is 6.36. The molecule has 2 fully saturated rings. The molecule has 2 amide bonds. The molecule has 0 aromatic carbocycles. The van der Waals surface area contributed by atoms with E-state index in [4.69, 9.17) is 4.74 Å². The first-order chi connectivity index (χ1) is 12.2. The van der Waals surface area contributed by atoms with E-state index >= 15 is 0 Å². The number of nitrogens with one attached hydrogen (secondary N) is 2. The van der Waals surface area contributed by atoms with Gasteiger partial charge in [-0.15, -0.1) is 0 Å². The highest BCUT2D eigenvalue weighted by atomic mass is 16.5. The smallest absolute Gasteiger partial charge is 0.269 e. The van der Waals surface area contributed by atoms with Crippen LogP contribution in [-0.4, -0.2) is 67.1 Å². The van der Waals surface area contributed by atoms with Gasteiger partial charge in [-0.3, -0.25) is 19.5 Å². The molecule has 1 aromatic heterocycles. The summed E-state index contributed by atoms with van der Waals surface area (Å²) in [6, 6.07) is 3.47. The molecule has 1 aromatic rings. The van der Waals surface area contributed by atoms with E-state index in [2.05, 4.69) is 20.5 Å². The second-order valence-corrected chi connectivity index (χ2v) is 6.59. The number of hydrogen-bond acceptors (Lipinski definition) is 5. The summed E-state index contributed by atoms with van der Waals surface area (Å²) in [5.41, 5.74) is 0.765. The lowest BCUT2D eigenvalue weighted by Gasteiger charge is -2.26. The third-order valence-electron chi connectivity index (χ3n) is 4.76. The number of morpholine rings is 1. The third-order valence-corrected chi connectivity index (χ3v) is 4.76. The van der Waals surface area contributed by atoms with Crippen LogP contribution in [0.5, 0.6) is 0 Å². The summed E-state index contributed by atoms with van der Waals surface area (Å²) < 4.78 is 5.30. The van der Waals surface area contributed by atoms with Crippen molar-refractivity contribution >= 4 is 11.8 Å². The number of ether oxygens (including phenoxy) is 1. The highest BCUT2D eigenvalue weighted by Crippen LogP contribution is 2.18. The Balaban J connectivity index is 1.49. The fourth-order valence-electron chi connectivity index (χ4n) is 3.28. The molecule has 0 spiro atoms. The van der Waals surface area contributed by atoms with Gasteiger partial charge in [0.1, 0.15) is 5.69 Å². The topological polar surface area (TPSA) is 83.6 Å². The number of carbonyl (C=O) groups is 2. The van der Waals surface area contributed by atoms with Crippen LogP contribution in [0.2, 0.25) is 0 Å². The Bertz CT molecular complexity index is 596. The summed E-state index contributed by atoms with van der Waals surface area (Å²) in [4.78, 5) is 30.9. The molecular weight excluding hydrogens is 320 g/mol. The van der Waals surface area contributed by atoms with Gasteiger partial charge in [-0.05, 0) is 25.0 Å². The van der Waals surface area contributed by atoms with Gasteiger partial charge in [-0.25, -0.2) is 0 Å². The molecule has 2 heterocycles. The van der Waals surface area contributed by atoms with Gasteiger partial charge in [-0.2, -0.15) is 0 Å². The number of pyridine rings is 1. The van der Waals surface area contributed by atoms with E-state index in [9.17, 15) is 9.59 Å². The van der Waals surface area contributed by atoms with Crippen LogP contribution >= 0.6 is 0 Å². The summed E-state index contributed by atoms with van der Waals surface area (Å²) in [7, 11) is 0. The summed E-state index contributed by atoms with van der Waals surface area (Å²) >= 11 is 0. The number of hydrogen-bond donors (Lipinski definition) is 2. The molecular formula is C18H26N4O3. The summed E-state index contributed by atoms with van der Waals surface area (Å²) in [5.74, 6) is -0.375. The highest BCUT2D eigenvalue weighted by Gasteiger charge is 2.19. The standard InChI is InChI=1S/C18H26N4O3/c23-17(21-15-3-1-2-4-15)14-5-6-19-16(13-14)18(24)20-7-8-22-9-11-25-12-10-22/h5-6,13,15H,1-4,7-12H2,(H,20,24)(H,21,23). The van der Waals surface area contributed by atoms with Gasteiger partial charge >= 0.3 is 0 Å². The largest absolute Gasteiger partial charge is 0.379 e. The van der Waals surface area contributed by atoms with E-state index in [1.54, 1.807) is 12.1 Å². The van der Waals surface area contributed by atoms with Crippen LogP contribution in [0.25, 0.3) is 0 Å². The van der Waals surface area contributed by atoms with Crippen LogP contribution in [0.1, 0.15) is 46.5 Å². The average Bonchev–Trinajstić information content (AvgIpc) is 3.15. The number of rotatable bonds is 6. The molecule has 1 saturated heterocycles. The van der Waals surface area contributed by atoms with Gasteiger partial charge in [0.2, 0.25) is 0 Å². The van der Waals surface area contributed by atoms with E-state index in [-0.39, 0.29) is 23.6 Å². The van der Waals surface area contributed by atoms with Crippen LogP contribution in [0, 0.1) is 0 Å². The van der Waals surface area contributed by atoms with Gasteiger partial charge in [0.05, 0.1) is 13.2 Å². The van der Waals surface area contributed by atoms with Crippen molar-refractivity contribution in [1.29, 1.82) is 0 Å². The minimum atomic E-state index is -0.247. The maximum Gasteiger partial charge on any atom is 0.269 e. The van der Waals surface area contributed by atoms with Gasteiger partial charge in [0.15, 0.2) is 0 Å². The van der Waals surface area contributed by atoms with E-state index in [0.717, 1.165) is 58.5 Å². The van der Waals surface area contributed by atoms with Crippen molar-refractivity contribution in [3.63, 3.8) is 0 Å². The Morgan fingerprint density at radius 3 is 2.72 bits per heavy atom. The Hall–Kier alpha value is -1.99. The number of aromatic nitrogens is 1. The van der Waals surface area contributed by atoms with Crippen LogP contribution < -0.4 is 10.6 Å². The van der Waals surface area contributed by atoms with Crippen molar-refractivity contribution in [3.8, 4) is 0 Å². The fraction of sp³-hybridized carbons (Fsp3) is 0.611. The average molecular weight is 346 g/mol. The lowest BCUT2D eigenvalue weighted by atomic mass is 10.2. The van der Waals surface area contributed by atoms with E-state index in [0.29, 0.717) is 12.1 Å². The molecule has 2 N–H and O–H groups in total. The molecule has 0 unspecified atom stereocenters. The third kappa shape index (κ3) is 5.24. The van der Waals surface area contributed by atoms with Crippen molar-refractivity contribution < 1.29 is 14.3 Å². The molecule has 1 aliphatic heterocycles. The Morgan fingerprint density at radius 2 is 1.96 bits per heavy atom. The van der Waals surface area contributed by atoms with E-state index in [1.807, 2.05) is 0 Å². The van der Waals surface area contributed by atoms with Crippen LogP contribution in [-0.2, 0) is 4.74 Å². The molecule has 0 bridgehead atoms. The molecule has 25 heavy (non-hydrogen) atoms. The quantitative estimate of drug-likeness (QED) is 0.797. The lowest BCUT2D eigenvalue weighted by molar-refractivity contribution is 0.0383. The molecule has 7 nitrogen and oxygen atoms in total. The molecule has 2 aliphatic rings. The lowest BCUT2D eigenvalue weighted by Crippen LogP contribution is -2.41. The molecule has 0 radical (unpaired) electrons. The van der Waals surface area contributed by atoms with Crippen molar-refractivity contribution in [2.24, 2.45) is 0 Å². The van der Waals surface area contributed by atoms with E-state index in [1.165, 1.54) is 6.20 Å². The van der Waals surface area contributed by atoms with Crippen molar-refractivity contribution in [1.82, 2.24) is 20.5 Å². The minimum absolute atomic E-state index is 0.128. The summed E-state index contributed by atoms with van der Waals surface area (Å²) in [6.07, 6.45) is 5.91. The minimum Gasteiger partial charge on any atom is -0.379 e. The number of nitrogens with zero attached hydrogens (tertiary/aromatic N) is 2. The second-order valence-electron chi connectivity index (χ2n) is 6.59. The van der Waals surface area contributed by atoms with Gasteiger partial charge in [-0.1, -0.05) is 12.8 Å². The van der Waals surface area contributed by atoms with Gasteiger partial charge < -0.3 is 15.4 Å². The van der Waals surface area contributed by atoms with Gasteiger partial charge in [0.25, 0.3) is 11.8 Å². The predicted octanol–water partition coefficient (Wildman–Crippen LogP) is 0.816. The normalized spacial score (nSPS) is 18.9. The molecule has 0 atom stereocenters. The second kappa shape index (κ2) is 8.92. The Labute approximate surface area is 148 Å². The molecule has 136 valence electrons. The van der Waals surface area contributed by atoms with Crippen molar-refractivity contribution in [2.45, 2.75) is 31.7 Å². The van der Waals surface area contributed by atoms with Crippen molar-refractivity contribution in [2.75, 3.05) is 39.4 Å². The highest BCUT2D eigenvalue weighted by molar-refractivity contribution is 5.98. The maximum absolute atomic E-state index is 12.3. The Morgan fingerprint density at radius 1 is 1.20 bits per heavy atom. The molecule has 1 aliphatic carbocycles. The first-order valence-corrected chi connectivity index (χ1v) is 9.07. The molecule has 3 rings (SSSR count). The SMILES string of the molecule is O=C(NC1CCCC1)c1ccnc(C(=O)NCCN2CCOCC2)c1. The zero-order valence-corrected chi connectivity index (χ0v) is 14.5. The van der Waals surface area contributed by atoms with Crippen LogP contribution in [0.15, 0.2) is 18.3 Å². The zero-order valence-electron chi connectivity index (χ0n) is 14.5. The zero-order chi connectivity index (χ0) is 17.5. The number of carbonyl (C=O) groups excluding carboxylic acids is 2. The predicted molar refractivity (Wildman–Crippen MR) is 93.6 cm³/mol. The first-order valence-electron chi connectivity index (χ1n) is 9.07. The molecule has 7 heteroatoms. The monoisotopic (exact) mass is 346 g/mol. The van der Waals surface area contributed by atoms with Crippen LogP contribution in [0.4, 0.5) is 0 Å². The van der Waals surface area contributed by atoms with E-state index < -0.39 is 0 Å². The summed E-state index contributed by atoms with van der Waals surface area (Å²) in [5, 5.41) is 5.90. The fourth-order valence-corrected chi connectivity index (χ4v) is 3.28. The number of amides is 2. The van der Waals surface area contributed by atoms with Crippen molar-refractivity contribution in [3.05, 3.63) is 29.6 Å².